The molecule has 0 saturated carbocycles. The lowest BCUT2D eigenvalue weighted by atomic mass is 9.95. The largest absolute Gasteiger partial charge is 0.339 e. The van der Waals surface area contributed by atoms with Crippen LogP contribution in [-0.4, -0.2) is 58.0 Å². The van der Waals surface area contributed by atoms with Crippen molar-refractivity contribution in [2.45, 2.75) is 71.9 Å². The van der Waals surface area contributed by atoms with Crippen LogP contribution in [0.5, 0.6) is 0 Å². The van der Waals surface area contributed by atoms with Gasteiger partial charge in [-0.05, 0) is 58.5 Å². The molecule has 0 bridgehead atoms. The van der Waals surface area contributed by atoms with Crippen molar-refractivity contribution in [3.63, 3.8) is 0 Å². The van der Waals surface area contributed by atoms with Crippen molar-refractivity contribution in [1.82, 2.24) is 19.4 Å². The van der Waals surface area contributed by atoms with Crippen LogP contribution >= 0.6 is 0 Å². The standard InChI is InChI=1S/C23H36N4O/c1-7-26(8-2)21(28)17-12-13-20-19(15-17)24-22(23(3,4)5)27(20)16-18-11-9-10-14-25(18)6/h12-13,15,18H,7-11,14,16H2,1-6H3/t18-/m1/s1. The molecule has 1 fully saturated rings. The fraction of sp³-hybridized carbons (Fsp3) is 0.652. The Kier molecular flexibility index (Phi) is 6.13. The molecule has 28 heavy (non-hydrogen) atoms. The second kappa shape index (κ2) is 8.24. The van der Waals surface area contributed by atoms with Crippen molar-refractivity contribution in [1.29, 1.82) is 0 Å². The van der Waals surface area contributed by atoms with E-state index in [4.69, 9.17) is 4.98 Å². The molecule has 1 aliphatic heterocycles. The van der Waals surface area contributed by atoms with Crippen LogP contribution in [0.15, 0.2) is 18.2 Å². The van der Waals surface area contributed by atoms with Crippen molar-refractivity contribution in [3.8, 4) is 0 Å². The Morgan fingerprint density at radius 1 is 1.21 bits per heavy atom. The predicted octanol–water partition coefficient (Wildman–Crippen LogP) is 4.30. The first-order valence-electron chi connectivity index (χ1n) is 10.8. The second-order valence-electron chi connectivity index (χ2n) is 9.11. The van der Waals surface area contributed by atoms with Crippen LogP contribution in [0.25, 0.3) is 11.0 Å². The fourth-order valence-electron chi connectivity index (χ4n) is 4.30. The number of hydrogen-bond acceptors (Lipinski definition) is 3. The van der Waals surface area contributed by atoms with E-state index in [1.54, 1.807) is 0 Å². The molecule has 154 valence electrons. The summed E-state index contributed by atoms with van der Waals surface area (Å²) < 4.78 is 2.40. The number of carbonyl (C=O) groups excluding carboxylic acids is 1. The molecule has 2 heterocycles. The Bertz CT molecular complexity index is 829. The lowest BCUT2D eigenvalue weighted by Crippen LogP contribution is -2.40. The van der Waals surface area contributed by atoms with Gasteiger partial charge in [-0.3, -0.25) is 4.79 Å². The first-order valence-corrected chi connectivity index (χ1v) is 10.8. The molecule has 1 saturated heterocycles. The van der Waals surface area contributed by atoms with E-state index in [1.165, 1.54) is 25.8 Å². The summed E-state index contributed by atoms with van der Waals surface area (Å²) in [5.74, 6) is 1.19. The highest BCUT2D eigenvalue weighted by molar-refractivity contribution is 5.97. The Morgan fingerprint density at radius 3 is 2.54 bits per heavy atom. The van der Waals surface area contributed by atoms with E-state index in [-0.39, 0.29) is 11.3 Å². The van der Waals surface area contributed by atoms with Crippen molar-refractivity contribution < 1.29 is 4.79 Å². The summed E-state index contributed by atoms with van der Waals surface area (Å²) >= 11 is 0. The van der Waals surface area contributed by atoms with Crippen LogP contribution in [-0.2, 0) is 12.0 Å². The third-order valence-corrected chi connectivity index (χ3v) is 6.03. The fourth-order valence-corrected chi connectivity index (χ4v) is 4.30. The monoisotopic (exact) mass is 384 g/mol. The zero-order valence-electron chi connectivity index (χ0n) is 18.5. The number of likely N-dealkylation sites (N-methyl/N-ethyl adjacent to an activating group) is 1. The van der Waals surface area contributed by atoms with E-state index in [2.05, 4.69) is 43.4 Å². The third-order valence-electron chi connectivity index (χ3n) is 6.03. The highest BCUT2D eigenvalue weighted by Crippen LogP contribution is 2.29. The number of nitrogens with zero attached hydrogens (tertiary/aromatic N) is 4. The van der Waals surface area contributed by atoms with E-state index in [0.29, 0.717) is 6.04 Å². The van der Waals surface area contributed by atoms with E-state index < -0.39 is 0 Å². The van der Waals surface area contributed by atoms with Crippen LogP contribution in [0.1, 0.15) is 70.1 Å². The van der Waals surface area contributed by atoms with Gasteiger partial charge in [0.25, 0.3) is 5.91 Å². The molecule has 1 amide bonds. The lowest BCUT2D eigenvalue weighted by molar-refractivity contribution is 0.0773. The van der Waals surface area contributed by atoms with Crippen LogP contribution in [0.2, 0.25) is 0 Å². The number of likely N-dealkylation sites (tertiary alicyclic amines) is 1. The molecule has 0 spiro atoms. The predicted molar refractivity (Wildman–Crippen MR) is 116 cm³/mol. The summed E-state index contributed by atoms with van der Waals surface area (Å²) in [4.78, 5) is 22.1. The number of imidazole rings is 1. The quantitative estimate of drug-likeness (QED) is 0.772. The van der Waals surface area contributed by atoms with Crippen LogP contribution in [0, 0.1) is 0 Å². The number of amides is 1. The SMILES string of the molecule is CCN(CC)C(=O)c1ccc2c(c1)nc(C(C)(C)C)n2C[C@H]1CCCCN1C. The molecule has 5 nitrogen and oxygen atoms in total. The summed E-state index contributed by atoms with van der Waals surface area (Å²) in [7, 11) is 2.24. The zero-order chi connectivity index (χ0) is 20.5. The molecule has 1 aromatic heterocycles. The molecule has 3 rings (SSSR count). The number of carbonyl (C=O) groups is 1. The molecule has 1 aliphatic rings. The molecule has 5 heteroatoms. The second-order valence-corrected chi connectivity index (χ2v) is 9.11. The Labute approximate surface area is 169 Å². The van der Waals surface area contributed by atoms with Gasteiger partial charge in [0.1, 0.15) is 5.82 Å². The summed E-state index contributed by atoms with van der Waals surface area (Å²) in [6, 6.07) is 6.59. The van der Waals surface area contributed by atoms with Gasteiger partial charge in [-0.1, -0.05) is 27.2 Å². The molecular weight excluding hydrogens is 348 g/mol. The minimum Gasteiger partial charge on any atom is -0.339 e. The van der Waals surface area contributed by atoms with Gasteiger partial charge in [0.15, 0.2) is 0 Å². The summed E-state index contributed by atoms with van der Waals surface area (Å²) in [5, 5.41) is 0. The van der Waals surface area contributed by atoms with Crippen LogP contribution in [0.3, 0.4) is 0 Å². The number of hydrogen-bond donors (Lipinski definition) is 0. The van der Waals surface area contributed by atoms with E-state index in [0.717, 1.165) is 42.1 Å². The van der Waals surface area contributed by atoms with Crippen molar-refractivity contribution in [2.75, 3.05) is 26.7 Å². The number of fused-ring (bicyclic) bond motifs is 1. The van der Waals surface area contributed by atoms with E-state index >= 15 is 0 Å². The average molecular weight is 385 g/mol. The van der Waals surface area contributed by atoms with Gasteiger partial charge in [0, 0.05) is 36.7 Å². The normalized spacial score (nSPS) is 18.6. The first-order chi connectivity index (χ1) is 13.3. The summed E-state index contributed by atoms with van der Waals surface area (Å²) in [6.45, 7) is 14.3. The molecule has 0 N–H and O–H groups in total. The molecular formula is C23H36N4O. The summed E-state index contributed by atoms with van der Waals surface area (Å²) in [5.41, 5.74) is 2.76. The van der Waals surface area contributed by atoms with Gasteiger partial charge < -0.3 is 14.4 Å². The maximum Gasteiger partial charge on any atom is 0.253 e. The van der Waals surface area contributed by atoms with E-state index in [1.807, 2.05) is 30.9 Å². The van der Waals surface area contributed by atoms with Crippen molar-refractivity contribution >= 4 is 16.9 Å². The number of rotatable bonds is 5. The van der Waals surface area contributed by atoms with Crippen molar-refractivity contribution in [3.05, 3.63) is 29.6 Å². The molecule has 0 aliphatic carbocycles. The lowest BCUT2D eigenvalue weighted by Gasteiger charge is -2.34. The van der Waals surface area contributed by atoms with Gasteiger partial charge in [0.2, 0.25) is 0 Å². The maximum absolute atomic E-state index is 12.8. The highest BCUT2D eigenvalue weighted by atomic mass is 16.2. The number of benzene rings is 1. The highest BCUT2D eigenvalue weighted by Gasteiger charge is 2.27. The molecule has 1 aromatic carbocycles. The minimum absolute atomic E-state index is 0.0463. The van der Waals surface area contributed by atoms with Gasteiger partial charge in [0.05, 0.1) is 11.0 Å². The minimum atomic E-state index is -0.0463. The Balaban J connectivity index is 2.02. The van der Waals surface area contributed by atoms with Gasteiger partial charge in [-0.15, -0.1) is 0 Å². The van der Waals surface area contributed by atoms with Crippen molar-refractivity contribution in [2.24, 2.45) is 0 Å². The van der Waals surface area contributed by atoms with Crippen LogP contribution in [0.4, 0.5) is 0 Å². The smallest absolute Gasteiger partial charge is 0.253 e. The van der Waals surface area contributed by atoms with E-state index in [9.17, 15) is 4.79 Å². The topological polar surface area (TPSA) is 41.4 Å². The molecule has 0 radical (unpaired) electrons. The number of piperidine rings is 1. The average Bonchev–Trinajstić information content (AvgIpc) is 3.02. The maximum atomic E-state index is 12.8. The summed E-state index contributed by atoms with van der Waals surface area (Å²) in [6.07, 6.45) is 3.83. The zero-order valence-corrected chi connectivity index (χ0v) is 18.5. The molecule has 1 atom stereocenters. The van der Waals surface area contributed by atoms with Gasteiger partial charge >= 0.3 is 0 Å². The third kappa shape index (κ3) is 4.09. The van der Waals surface area contributed by atoms with Crippen LogP contribution < -0.4 is 0 Å². The Morgan fingerprint density at radius 2 is 1.93 bits per heavy atom. The number of aromatic nitrogens is 2. The van der Waals surface area contributed by atoms with Gasteiger partial charge in [-0.2, -0.15) is 0 Å². The molecule has 0 unspecified atom stereocenters. The first kappa shape index (κ1) is 20.8. The molecule has 2 aromatic rings. The van der Waals surface area contributed by atoms with Gasteiger partial charge in [-0.25, -0.2) is 4.98 Å². The Hall–Kier alpha value is -1.88.